The van der Waals surface area contributed by atoms with Crippen LogP contribution in [0.2, 0.25) is 0 Å². The first-order valence-electron chi connectivity index (χ1n) is 16.5. The van der Waals surface area contributed by atoms with Crippen molar-refractivity contribution in [1.29, 1.82) is 0 Å². The molecule has 0 saturated heterocycles. The summed E-state index contributed by atoms with van der Waals surface area (Å²) >= 11 is 0. The summed E-state index contributed by atoms with van der Waals surface area (Å²) in [6, 6.07) is 45.1. The third kappa shape index (κ3) is 3.80. The Morgan fingerprint density at radius 2 is 1.33 bits per heavy atom. The summed E-state index contributed by atoms with van der Waals surface area (Å²) in [7, 11) is 0. The first kappa shape index (κ1) is 27.2. The highest BCUT2D eigenvalue weighted by molar-refractivity contribution is 6.01. The third-order valence-corrected chi connectivity index (χ3v) is 10.6. The van der Waals surface area contributed by atoms with E-state index >= 15 is 0 Å². The van der Waals surface area contributed by atoms with E-state index < -0.39 is 0 Å². The van der Waals surface area contributed by atoms with Gasteiger partial charge in [0.05, 0.1) is 11.5 Å². The minimum atomic E-state index is -0.380. The number of fused-ring (bicyclic) bond motifs is 8. The van der Waals surface area contributed by atoms with E-state index in [2.05, 4.69) is 157 Å². The van der Waals surface area contributed by atoms with Gasteiger partial charge in [-0.1, -0.05) is 140 Å². The van der Waals surface area contributed by atoms with Crippen LogP contribution in [0.25, 0.3) is 22.3 Å². The van der Waals surface area contributed by atoms with E-state index in [9.17, 15) is 0 Å². The second-order valence-corrected chi connectivity index (χ2v) is 12.8. The minimum absolute atomic E-state index is 0.265. The highest BCUT2D eigenvalue weighted by atomic mass is 15.2. The number of anilines is 2. The maximum atomic E-state index is 6.55. The van der Waals surface area contributed by atoms with Gasteiger partial charge >= 0.3 is 0 Å². The summed E-state index contributed by atoms with van der Waals surface area (Å²) in [5.74, 6) is 0. The number of benzene rings is 5. The summed E-state index contributed by atoms with van der Waals surface area (Å²) in [6.07, 6.45) is 14.5. The number of hydrogen-bond acceptors (Lipinski definition) is 2. The maximum Gasteiger partial charge on any atom is 0.0717 e. The van der Waals surface area contributed by atoms with Crippen molar-refractivity contribution >= 4 is 22.5 Å². The molecule has 9 rings (SSSR count). The molecule has 2 heteroatoms. The molecule has 1 aliphatic heterocycles. The predicted molar refractivity (Wildman–Crippen MR) is 192 cm³/mol. The molecule has 0 bridgehead atoms. The summed E-state index contributed by atoms with van der Waals surface area (Å²) in [5, 5.41) is 0. The molecule has 0 fully saturated rings. The van der Waals surface area contributed by atoms with Crippen LogP contribution >= 0.6 is 0 Å². The Morgan fingerprint density at radius 1 is 0.652 bits per heavy atom. The van der Waals surface area contributed by atoms with Crippen molar-refractivity contribution in [2.24, 2.45) is 5.73 Å². The number of allylic oxidation sites excluding steroid dienone is 6. The smallest absolute Gasteiger partial charge is 0.0717 e. The van der Waals surface area contributed by atoms with E-state index in [0.29, 0.717) is 6.54 Å². The molecule has 0 saturated carbocycles. The number of rotatable bonds is 4. The molecule has 1 atom stereocenters. The van der Waals surface area contributed by atoms with E-state index in [4.69, 9.17) is 5.73 Å². The fraction of sp³-hybridized carbons (Fsp3) is 0.136. The van der Waals surface area contributed by atoms with Crippen molar-refractivity contribution in [1.82, 2.24) is 0 Å². The second kappa shape index (κ2) is 10.7. The van der Waals surface area contributed by atoms with Crippen LogP contribution in [0.1, 0.15) is 52.6 Å². The molecule has 0 radical (unpaired) electrons. The Kier molecular flexibility index (Phi) is 6.33. The van der Waals surface area contributed by atoms with Gasteiger partial charge in [-0.3, -0.25) is 0 Å². The molecule has 4 aliphatic rings. The maximum absolute atomic E-state index is 6.55. The van der Waals surface area contributed by atoms with Gasteiger partial charge in [0.25, 0.3) is 0 Å². The summed E-state index contributed by atoms with van der Waals surface area (Å²) < 4.78 is 0. The van der Waals surface area contributed by atoms with Gasteiger partial charge in [0.2, 0.25) is 0 Å². The molecule has 5 aromatic rings. The first-order valence-corrected chi connectivity index (χ1v) is 16.5. The van der Waals surface area contributed by atoms with Crippen molar-refractivity contribution in [2.75, 3.05) is 4.90 Å². The number of nitrogens with two attached hydrogens (primary N) is 1. The Hall–Kier alpha value is -5.18. The first-order chi connectivity index (χ1) is 22.8. The summed E-state index contributed by atoms with van der Waals surface area (Å²) in [6.45, 7) is 0.508. The van der Waals surface area contributed by atoms with Gasteiger partial charge in [-0.05, 0) is 92.6 Å². The van der Waals surface area contributed by atoms with Crippen LogP contribution in [0.15, 0.2) is 157 Å². The third-order valence-electron chi connectivity index (χ3n) is 10.6. The second-order valence-electron chi connectivity index (χ2n) is 12.8. The van der Waals surface area contributed by atoms with Crippen LogP contribution in [0.4, 0.5) is 11.4 Å². The average Bonchev–Trinajstić information content (AvgIpc) is 3.43. The van der Waals surface area contributed by atoms with Gasteiger partial charge in [-0.2, -0.15) is 0 Å². The highest BCUT2D eigenvalue weighted by Crippen LogP contribution is 2.64. The number of nitrogens with zero attached hydrogens (tertiary/aromatic N) is 1. The van der Waals surface area contributed by atoms with Crippen LogP contribution in [-0.2, 0) is 12.0 Å². The Labute approximate surface area is 271 Å². The fourth-order valence-corrected chi connectivity index (χ4v) is 8.76. The van der Waals surface area contributed by atoms with Gasteiger partial charge < -0.3 is 10.6 Å². The zero-order valence-electron chi connectivity index (χ0n) is 25.9. The quantitative estimate of drug-likeness (QED) is 0.225. The molecule has 0 amide bonds. The predicted octanol–water partition coefficient (Wildman–Crippen LogP) is 10.1. The standard InChI is InChI=1S/C44H36N2/c45-29-32-16-13-23-40-43(32)36-28-31(35-20-8-7-19-34(35)30-14-3-1-4-15-30)26-27-37(36)44(40)38-21-9-11-24-41(38)46(33-17-5-2-6-18-33)42-25-12-10-22-39(42)44/h1-17,19-25,28,33H,18,26-27,29,45H2. The van der Waals surface area contributed by atoms with Crippen molar-refractivity contribution in [2.45, 2.75) is 37.3 Å². The lowest BCUT2D eigenvalue weighted by Gasteiger charge is -2.48. The van der Waals surface area contributed by atoms with E-state index in [1.807, 2.05) is 0 Å². The van der Waals surface area contributed by atoms with Crippen LogP contribution in [0.5, 0.6) is 0 Å². The SMILES string of the molecule is NCc1cccc2c1C1=C(CCC(c3ccccc3-c3ccccc3)=C1)C21c2ccccc2N(C2C=CC=CC2)c2ccccc21. The Balaban J connectivity index is 1.33. The molecule has 1 unspecified atom stereocenters. The fourth-order valence-electron chi connectivity index (χ4n) is 8.76. The number of para-hydroxylation sites is 2. The molecule has 46 heavy (non-hydrogen) atoms. The molecule has 1 spiro atoms. The zero-order chi connectivity index (χ0) is 30.7. The van der Waals surface area contributed by atoms with E-state index in [0.717, 1.165) is 19.3 Å². The lowest BCUT2D eigenvalue weighted by molar-refractivity contribution is 0.662. The zero-order valence-corrected chi connectivity index (χ0v) is 25.9. The Bertz CT molecular complexity index is 2080. The van der Waals surface area contributed by atoms with Crippen LogP contribution in [0.3, 0.4) is 0 Å². The minimum Gasteiger partial charge on any atom is -0.334 e. The molecule has 222 valence electrons. The van der Waals surface area contributed by atoms with E-state index in [-0.39, 0.29) is 11.5 Å². The molecule has 5 aromatic carbocycles. The summed E-state index contributed by atoms with van der Waals surface area (Å²) in [5.41, 5.74) is 23.6. The van der Waals surface area contributed by atoms with Crippen molar-refractivity contribution in [3.8, 4) is 11.1 Å². The Morgan fingerprint density at radius 3 is 2.04 bits per heavy atom. The van der Waals surface area contributed by atoms with Crippen LogP contribution in [0, 0.1) is 0 Å². The topological polar surface area (TPSA) is 29.3 Å². The molecule has 2 nitrogen and oxygen atoms in total. The molecule has 1 heterocycles. The lowest BCUT2D eigenvalue weighted by Crippen LogP contribution is -2.42. The molecule has 2 N–H and O–H groups in total. The van der Waals surface area contributed by atoms with Gasteiger partial charge in [-0.25, -0.2) is 0 Å². The molecular formula is C44H36N2. The largest absolute Gasteiger partial charge is 0.334 e. The normalized spacial score (nSPS) is 18.6. The van der Waals surface area contributed by atoms with Crippen molar-refractivity contribution in [3.05, 3.63) is 191 Å². The van der Waals surface area contributed by atoms with Gasteiger partial charge in [0.15, 0.2) is 0 Å². The monoisotopic (exact) mass is 592 g/mol. The van der Waals surface area contributed by atoms with E-state index in [1.54, 1.807) is 0 Å². The van der Waals surface area contributed by atoms with Crippen LogP contribution < -0.4 is 10.6 Å². The number of hydrogen-bond donors (Lipinski definition) is 1. The highest BCUT2D eigenvalue weighted by Gasteiger charge is 2.53. The van der Waals surface area contributed by atoms with Gasteiger partial charge in [0, 0.05) is 17.9 Å². The molecule has 0 aromatic heterocycles. The average molecular weight is 593 g/mol. The molecule has 3 aliphatic carbocycles. The van der Waals surface area contributed by atoms with Crippen molar-refractivity contribution < 1.29 is 0 Å². The molecular weight excluding hydrogens is 556 g/mol. The lowest BCUT2D eigenvalue weighted by atomic mass is 9.62. The van der Waals surface area contributed by atoms with Crippen LogP contribution in [-0.4, -0.2) is 6.04 Å². The van der Waals surface area contributed by atoms with Gasteiger partial charge in [0.1, 0.15) is 0 Å². The van der Waals surface area contributed by atoms with Crippen molar-refractivity contribution in [3.63, 3.8) is 0 Å². The van der Waals surface area contributed by atoms with E-state index in [1.165, 1.54) is 72.6 Å². The van der Waals surface area contributed by atoms with Gasteiger partial charge in [-0.15, -0.1) is 0 Å². The summed E-state index contributed by atoms with van der Waals surface area (Å²) in [4.78, 5) is 2.58.